The van der Waals surface area contributed by atoms with Crippen molar-refractivity contribution in [1.82, 2.24) is 5.32 Å². The van der Waals surface area contributed by atoms with Crippen LogP contribution in [0.15, 0.2) is 29.8 Å². The van der Waals surface area contributed by atoms with E-state index in [1.54, 1.807) is 11.1 Å². The molecule has 1 fully saturated rings. The van der Waals surface area contributed by atoms with E-state index in [0.29, 0.717) is 0 Å². The van der Waals surface area contributed by atoms with E-state index in [4.69, 9.17) is 5.26 Å². The van der Waals surface area contributed by atoms with Crippen LogP contribution in [-0.2, 0) is 0 Å². The fraction of sp³-hybridized carbons (Fsp3) is 0.421. The molecule has 2 aliphatic carbocycles. The van der Waals surface area contributed by atoms with Crippen LogP contribution >= 0.6 is 23.7 Å². The second kappa shape index (κ2) is 6.65. The van der Waals surface area contributed by atoms with Gasteiger partial charge in [-0.05, 0) is 73.7 Å². The number of fused-ring (bicyclic) bond motifs is 3. The van der Waals surface area contributed by atoms with E-state index < -0.39 is 0 Å². The number of halogens is 1. The standard InChI is InChI=1S/C19H20N2S.ClH/c1-21-11-16-7-12-2-5-15(6-12)19(16)18-9-14-4-3-13(10-20)8-17(14)22-18;/h3-4,8-9,12,15,21H,2,5-7,11H2,1H3;1H/t12?,15-;/m1./s1. The van der Waals surface area contributed by atoms with Crippen molar-refractivity contribution >= 4 is 39.4 Å². The zero-order valence-electron chi connectivity index (χ0n) is 13.3. The van der Waals surface area contributed by atoms with Gasteiger partial charge < -0.3 is 5.32 Å². The first-order valence-corrected chi connectivity index (χ1v) is 8.90. The summed E-state index contributed by atoms with van der Waals surface area (Å²) < 4.78 is 1.24. The van der Waals surface area contributed by atoms with Gasteiger partial charge >= 0.3 is 0 Å². The molecule has 1 heterocycles. The van der Waals surface area contributed by atoms with Crippen molar-refractivity contribution in [2.24, 2.45) is 11.8 Å². The molecular weight excluding hydrogens is 324 g/mol. The fourth-order valence-corrected chi connectivity index (χ4v) is 5.53. The first kappa shape index (κ1) is 16.5. The van der Waals surface area contributed by atoms with E-state index in [1.165, 1.54) is 40.6 Å². The molecule has 0 saturated heterocycles. The summed E-state index contributed by atoms with van der Waals surface area (Å²) in [5, 5.41) is 13.7. The van der Waals surface area contributed by atoms with Crippen molar-refractivity contribution in [2.75, 3.05) is 13.6 Å². The Morgan fingerprint density at radius 1 is 1.30 bits per heavy atom. The Kier molecular flexibility index (Phi) is 4.77. The third-order valence-electron chi connectivity index (χ3n) is 5.17. The Hall–Kier alpha value is -1.34. The maximum atomic E-state index is 9.09. The van der Waals surface area contributed by atoms with Crippen molar-refractivity contribution in [3.63, 3.8) is 0 Å². The number of thiophene rings is 1. The van der Waals surface area contributed by atoms with Gasteiger partial charge in [0.25, 0.3) is 0 Å². The van der Waals surface area contributed by atoms with Crippen molar-refractivity contribution in [3.05, 3.63) is 40.3 Å². The predicted molar refractivity (Wildman–Crippen MR) is 100 cm³/mol. The highest BCUT2D eigenvalue weighted by atomic mass is 35.5. The van der Waals surface area contributed by atoms with Crippen LogP contribution in [0, 0.1) is 23.2 Å². The minimum Gasteiger partial charge on any atom is -0.316 e. The molecule has 2 bridgehead atoms. The zero-order chi connectivity index (χ0) is 15.1. The first-order chi connectivity index (χ1) is 10.8. The van der Waals surface area contributed by atoms with Crippen LogP contribution in [0.25, 0.3) is 15.7 Å². The number of benzene rings is 1. The number of nitriles is 1. The molecule has 4 rings (SSSR count). The van der Waals surface area contributed by atoms with Gasteiger partial charge in [0.2, 0.25) is 0 Å². The average molecular weight is 345 g/mol. The minimum absolute atomic E-state index is 0. The van der Waals surface area contributed by atoms with Gasteiger partial charge in [-0.2, -0.15) is 5.26 Å². The quantitative estimate of drug-likeness (QED) is 0.851. The normalized spacial score (nSPS) is 23.0. The number of hydrogen-bond donors (Lipinski definition) is 1. The van der Waals surface area contributed by atoms with Crippen molar-refractivity contribution in [1.29, 1.82) is 5.26 Å². The molecule has 1 aromatic carbocycles. The molecule has 23 heavy (non-hydrogen) atoms. The van der Waals surface area contributed by atoms with Crippen molar-refractivity contribution in [3.8, 4) is 6.07 Å². The number of likely N-dealkylation sites (N-methyl/N-ethyl adjacent to an activating group) is 1. The van der Waals surface area contributed by atoms with Gasteiger partial charge in [0.05, 0.1) is 11.6 Å². The predicted octanol–water partition coefficient (Wildman–Crippen LogP) is 4.99. The molecule has 120 valence electrons. The van der Waals surface area contributed by atoms with Gasteiger partial charge in [0.1, 0.15) is 0 Å². The lowest BCUT2D eigenvalue weighted by Gasteiger charge is -2.26. The number of hydrogen-bond acceptors (Lipinski definition) is 3. The highest BCUT2D eigenvalue weighted by molar-refractivity contribution is 7.20. The Morgan fingerprint density at radius 3 is 2.96 bits per heavy atom. The molecule has 1 N–H and O–H groups in total. The van der Waals surface area contributed by atoms with Gasteiger partial charge in [-0.25, -0.2) is 0 Å². The number of allylic oxidation sites excluding steroid dienone is 1. The zero-order valence-corrected chi connectivity index (χ0v) is 14.9. The van der Waals surface area contributed by atoms with Crippen molar-refractivity contribution < 1.29 is 0 Å². The van der Waals surface area contributed by atoms with Crippen molar-refractivity contribution in [2.45, 2.75) is 25.7 Å². The molecule has 1 saturated carbocycles. The Labute approximate surface area is 147 Å². The summed E-state index contributed by atoms with van der Waals surface area (Å²) in [5.41, 5.74) is 3.99. The van der Waals surface area contributed by atoms with Crippen LogP contribution in [-0.4, -0.2) is 13.6 Å². The summed E-state index contributed by atoms with van der Waals surface area (Å²) in [4.78, 5) is 1.43. The minimum atomic E-state index is 0. The Balaban J connectivity index is 0.00000156. The number of rotatable bonds is 3. The molecule has 4 heteroatoms. The topological polar surface area (TPSA) is 35.8 Å². The van der Waals surface area contributed by atoms with E-state index in [0.717, 1.165) is 23.9 Å². The Morgan fingerprint density at radius 2 is 2.17 bits per heavy atom. The van der Waals surface area contributed by atoms with Gasteiger partial charge in [-0.15, -0.1) is 23.7 Å². The van der Waals surface area contributed by atoms with E-state index in [-0.39, 0.29) is 12.4 Å². The SMILES string of the molecule is CNCC1=C(c2cc3ccc(C#N)cc3s2)[C@@H]2CCC(C1)C2.Cl. The lowest BCUT2D eigenvalue weighted by molar-refractivity contribution is 0.503. The monoisotopic (exact) mass is 344 g/mol. The molecular formula is C19H21ClN2S. The molecule has 0 aliphatic heterocycles. The summed E-state index contributed by atoms with van der Waals surface area (Å²) in [6, 6.07) is 10.6. The molecule has 1 aromatic heterocycles. The van der Waals surface area contributed by atoms with Crippen LogP contribution in [0.1, 0.15) is 36.1 Å². The van der Waals surface area contributed by atoms with Crippen LogP contribution < -0.4 is 5.32 Å². The van der Waals surface area contributed by atoms with Gasteiger partial charge in [-0.1, -0.05) is 11.6 Å². The second-order valence-electron chi connectivity index (χ2n) is 6.60. The van der Waals surface area contributed by atoms with E-state index in [2.05, 4.69) is 23.5 Å². The number of nitrogens with one attached hydrogen (secondary N) is 1. The van der Waals surface area contributed by atoms with Crippen LogP contribution in [0.4, 0.5) is 0 Å². The van der Waals surface area contributed by atoms with Gasteiger partial charge in [-0.3, -0.25) is 0 Å². The van der Waals surface area contributed by atoms with Crippen LogP contribution in [0.3, 0.4) is 0 Å². The Bertz CT molecular complexity index is 799. The summed E-state index contributed by atoms with van der Waals surface area (Å²) >= 11 is 1.86. The summed E-state index contributed by atoms with van der Waals surface area (Å²) in [5.74, 6) is 1.67. The van der Waals surface area contributed by atoms with Gasteiger partial charge in [0, 0.05) is 16.1 Å². The molecule has 1 unspecified atom stereocenters. The maximum absolute atomic E-state index is 9.09. The summed E-state index contributed by atoms with van der Waals surface area (Å²) in [7, 11) is 2.05. The molecule has 2 atom stereocenters. The summed E-state index contributed by atoms with van der Waals surface area (Å²) in [6.45, 7) is 1.01. The smallest absolute Gasteiger partial charge is 0.0992 e. The van der Waals surface area contributed by atoms with Crippen LogP contribution in [0.2, 0.25) is 0 Å². The molecule has 0 amide bonds. The van der Waals surface area contributed by atoms with E-state index in [9.17, 15) is 0 Å². The number of nitrogens with zero attached hydrogens (tertiary/aromatic N) is 1. The van der Waals surface area contributed by atoms with Gasteiger partial charge in [0.15, 0.2) is 0 Å². The lowest BCUT2D eigenvalue weighted by atomic mass is 9.82. The first-order valence-electron chi connectivity index (χ1n) is 8.09. The highest BCUT2D eigenvalue weighted by Crippen LogP contribution is 2.50. The fourth-order valence-electron chi connectivity index (χ4n) is 4.26. The third-order valence-corrected chi connectivity index (χ3v) is 6.30. The van der Waals surface area contributed by atoms with Crippen LogP contribution in [0.5, 0.6) is 0 Å². The average Bonchev–Trinajstić information content (AvgIpc) is 3.11. The van der Waals surface area contributed by atoms with E-state index in [1.807, 2.05) is 30.5 Å². The molecule has 2 aromatic rings. The highest BCUT2D eigenvalue weighted by Gasteiger charge is 2.35. The molecule has 2 nitrogen and oxygen atoms in total. The largest absolute Gasteiger partial charge is 0.316 e. The van der Waals surface area contributed by atoms with E-state index >= 15 is 0 Å². The second-order valence-corrected chi connectivity index (χ2v) is 7.69. The maximum Gasteiger partial charge on any atom is 0.0992 e. The summed E-state index contributed by atoms with van der Waals surface area (Å²) in [6.07, 6.45) is 5.39. The molecule has 0 radical (unpaired) electrons. The molecule has 2 aliphatic rings. The molecule has 0 spiro atoms. The lowest BCUT2D eigenvalue weighted by Crippen LogP contribution is -2.18. The third kappa shape index (κ3) is 2.92.